The van der Waals surface area contributed by atoms with Crippen LogP contribution >= 0.6 is 0 Å². The summed E-state index contributed by atoms with van der Waals surface area (Å²) in [4.78, 5) is 10.6. The molecule has 1 aromatic carbocycles. The van der Waals surface area contributed by atoms with E-state index in [1.807, 2.05) is 18.2 Å². The third kappa shape index (κ3) is 2.49. The second-order valence-corrected chi connectivity index (χ2v) is 2.09. The number of hydrogen-bond donors (Lipinski definition) is 1. The molecule has 0 aliphatic heterocycles. The van der Waals surface area contributed by atoms with Gasteiger partial charge < -0.3 is 5.32 Å². The highest BCUT2D eigenvalue weighted by Gasteiger charge is 1.90. The number of amides is 2. The summed E-state index contributed by atoms with van der Waals surface area (Å²) in [5, 5.41) is 9.41. The number of azo groups is 1. The molecule has 0 heterocycles. The lowest BCUT2D eigenvalue weighted by molar-refractivity contribution is 0.250. The molecule has 0 aliphatic rings. The molecule has 0 aromatic heterocycles. The third-order valence-electron chi connectivity index (χ3n) is 1.23. The zero-order chi connectivity index (χ0) is 8.81. The Kier molecular flexibility index (Phi) is 2.95. The van der Waals surface area contributed by atoms with E-state index in [1.54, 1.807) is 12.1 Å². The Hall–Kier alpha value is -1.71. The van der Waals surface area contributed by atoms with Crippen LogP contribution < -0.4 is 5.32 Å². The van der Waals surface area contributed by atoms with Gasteiger partial charge in [0, 0.05) is 7.05 Å². The molecule has 0 bridgehead atoms. The van der Waals surface area contributed by atoms with Crippen LogP contribution in [0.2, 0.25) is 0 Å². The molecule has 4 nitrogen and oxygen atoms in total. The van der Waals surface area contributed by atoms with Crippen molar-refractivity contribution in [2.45, 2.75) is 0 Å². The minimum atomic E-state index is -0.446. The lowest BCUT2D eigenvalue weighted by Gasteiger charge is -1.89. The van der Waals surface area contributed by atoms with Crippen molar-refractivity contribution in [2.75, 3.05) is 7.05 Å². The lowest BCUT2D eigenvalue weighted by atomic mass is 10.3. The lowest BCUT2D eigenvalue weighted by Crippen LogP contribution is -2.11. The topological polar surface area (TPSA) is 53.8 Å². The van der Waals surface area contributed by atoms with Gasteiger partial charge in [-0.2, -0.15) is 0 Å². The summed E-state index contributed by atoms with van der Waals surface area (Å²) in [7, 11) is 1.51. The van der Waals surface area contributed by atoms with Crippen molar-refractivity contribution in [3.8, 4) is 0 Å². The second kappa shape index (κ2) is 4.23. The number of carbonyl (C=O) groups is 1. The fraction of sp³-hybridized carbons (Fsp3) is 0.125. The van der Waals surface area contributed by atoms with Crippen LogP contribution in [-0.2, 0) is 0 Å². The van der Waals surface area contributed by atoms with Gasteiger partial charge in [-0.1, -0.05) is 23.3 Å². The quantitative estimate of drug-likeness (QED) is 0.633. The first-order valence-corrected chi connectivity index (χ1v) is 3.51. The Morgan fingerprint density at radius 3 is 2.58 bits per heavy atom. The molecule has 1 aromatic rings. The summed E-state index contributed by atoms with van der Waals surface area (Å²) >= 11 is 0. The van der Waals surface area contributed by atoms with Crippen molar-refractivity contribution in [1.29, 1.82) is 0 Å². The number of benzene rings is 1. The van der Waals surface area contributed by atoms with E-state index in [0.717, 1.165) is 0 Å². The molecule has 62 valence electrons. The fourth-order valence-corrected chi connectivity index (χ4v) is 0.648. The zero-order valence-corrected chi connectivity index (χ0v) is 6.69. The average molecular weight is 163 g/mol. The first kappa shape index (κ1) is 8.39. The number of nitrogens with one attached hydrogen (secondary N) is 1. The number of rotatable bonds is 1. The van der Waals surface area contributed by atoms with Gasteiger partial charge in [-0.15, -0.1) is 5.11 Å². The molecule has 2 amide bonds. The summed E-state index contributed by atoms with van der Waals surface area (Å²) in [6.45, 7) is 0. The Morgan fingerprint density at radius 1 is 1.33 bits per heavy atom. The molecule has 12 heavy (non-hydrogen) atoms. The van der Waals surface area contributed by atoms with Crippen molar-refractivity contribution in [2.24, 2.45) is 10.2 Å². The standard InChI is InChI=1S/C8H9N3O/c1-9-8(12)11-10-7-5-3-2-4-6-7/h2-6H,1H3,(H,9,12). The molecule has 0 saturated carbocycles. The average Bonchev–Trinajstić information content (AvgIpc) is 2.16. The molecule has 0 unspecified atom stereocenters. The number of nitrogens with zero attached hydrogens (tertiary/aromatic N) is 2. The Bertz CT molecular complexity index is 282. The van der Waals surface area contributed by atoms with Gasteiger partial charge in [0.05, 0.1) is 5.69 Å². The van der Waals surface area contributed by atoms with Crippen molar-refractivity contribution >= 4 is 11.7 Å². The van der Waals surface area contributed by atoms with Crippen molar-refractivity contribution in [3.05, 3.63) is 30.3 Å². The molecule has 1 rings (SSSR count). The fourth-order valence-electron chi connectivity index (χ4n) is 0.648. The van der Waals surface area contributed by atoms with E-state index in [4.69, 9.17) is 0 Å². The van der Waals surface area contributed by atoms with E-state index < -0.39 is 6.03 Å². The van der Waals surface area contributed by atoms with Crippen LogP contribution in [0.4, 0.5) is 10.5 Å². The normalized spacial score (nSPS) is 10.1. The SMILES string of the molecule is CNC(=O)N=Nc1ccccc1. The predicted molar refractivity (Wildman–Crippen MR) is 45.4 cm³/mol. The molecule has 0 saturated heterocycles. The highest BCUT2D eigenvalue weighted by Crippen LogP contribution is 2.09. The predicted octanol–water partition coefficient (Wildman–Crippen LogP) is 2.11. The summed E-state index contributed by atoms with van der Waals surface area (Å²) in [5.41, 5.74) is 0.668. The van der Waals surface area contributed by atoms with Gasteiger partial charge in [-0.3, -0.25) is 0 Å². The van der Waals surface area contributed by atoms with Gasteiger partial charge in [-0.25, -0.2) is 4.79 Å². The first-order valence-electron chi connectivity index (χ1n) is 3.51. The van der Waals surface area contributed by atoms with E-state index in [9.17, 15) is 4.79 Å². The molecule has 0 spiro atoms. The summed E-state index contributed by atoms with van der Waals surface area (Å²) in [5.74, 6) is 0. The van der Waals surface area contributed by atoms with Crippen LogP contribution in [-0.4, -0.2) is 13.1 Å². The van der Waals surface area contributed by atoms with Crippen molar-refractivity contribution in [1.82, 2.24) is 5.32 Å². The van der Waals surface area contributed by atoms with Gasteiger partial charge >= 0.3 is 6.03 Å². The maximum Gasteiger partial charge on any atom is 0.359 e. The molecular weight excluding hydrogens is 154 g/mol. The molecule has 0 radical (unpaired) electrons. The van der Waals surface area contributed by atoms with Crippen molar-refractivity contribution in [3.63, 3.8) is 0 Å². The van der Waals surface area contributed by atoms with Crippen LogP contribution in [0, 0.1) is 0 Å². The summed E-state index contributed by atoms with van der Waals surface area (Å²) in [6.07, 6.45) is 0. The van der Waals surface area contributed by atoms with Gasteiger partial charge in [0.1, 0.15) is 0 Å². The number of hydrogen-bond acceptors (Lipinski definition) is 2. The highest BCUT2D eigenvalue weighted by atomic mass is 16.2. The van der Waals surface area contributed by atoms with E-state index in [-0.39, 0.29) is 0 Å². The first-order chi connectivity index (χ1) is 5.83. The molecular formula is C8H9N3O. The van der Waals surface area contributed by atoms with Crippen LogP contribution in [0.25, 0.3) is 0 Å². The van der Waals surface area contributed by atoms with E-state index in [1.165, 1.54) is 7.05 Å². The van der Waals surface area contributed by atoms with Gasteiger partial charge in [0.25, 0.3) is 0 Å². The Balaban J connectivity index is 2.64. The van der Waals surface area contributed by atoms with Crippen LogP contribution in [0.1, 0.15) is 0 Å². The Morgan fingerprint density at radius 2 is 2.00 bits per heavy atom. The summed E-state index contributed by atoms with van der Waals surface area (Å²) in [6, 6.07) is 8.63. The molecule has 0 fully saturated rings. The van der Waals surface area contributed by atoms with E-state index in [0.29, 0.717) is 5.69 Å². The molecule has 4 heteroatoms. The van der Waals surface area contributed by atoms with Gasteiger partial charge in [0.2, 0.25) is 0 Å². The third-order valence-corrected chi connectivity index (χ3v) is 1.23. The smallest absolute Gasteiger partial charge is 0.338 e. The van der Waals surface area contributed by atoms with E-state index >= 15 is 0 Å². The Labute approximate surface area is 70.3 Å². The van der Waals surface area contributed by atoms with Gasteiger partial charge in [-0.05, 0) is 12.1 Å². The molecule has 0 atom stereocenters. The number of urea groups is 1. The maximum absolute atomic E-state index is 10.6. The van der Waals surface area contributed by atoms with Crippen LogP contribution in [0.15, 0.2) is 40.6 Å². The highest BCUT2D eigenvalue weighted by molar-refractivity contribution is 5.74. The molecule has 0 aliphatic carbocycles. The van der Waals surface area contributed by atoms with Crippen molar-refractivity contribution < 1.29 is 4.79 Å². The zero-order valence-electron chi connectivity index (χ0n) is 6.69. The monoisotopic (exact) mass is 163 g/mol. The maximum atomic E-state index is 10.6. The second-order valence-electron chi connectivity index (χ2n) is 2.09. The number of carbonyl (C=O) groups excluding carboxylic acids is 1. The van der Waals surface area contributed by atoms with Crippen LogP contribution in [0.3, 0.4) is 0 Å². The van der Waals surface area contributed by atoms with E-state index in [2.05, 4.69) is 15.5 Å². The summed E-state index contributed by atoms with van der Waals surface area (Å²) < 4.78 is 0. The minimum Gasteiger partial charge on any atom is -0.338 e. The van der Waals surface area contributed by atoms with Crippen LogP contribution in [0.5, 0.6) is 0 Å². The minimum absolute atomic E-state index is 0.446. The molecule has 1 N–H and O–H groups in total. The largest absolute Gasteiger partial charge is 0.359 e. The van der Waals surface area contributed by atoms with Gasteiger partial charge in [0.15, 0.2) is 0 Å².